The molecular formula is C16H25N3O3. The molecule has 0 aliphatic carbocycles. The number of H-pyrrole nitrogens is 1. The zero-order valence-electron chi connectivity index (χ0n) is 13.0. The molecular weight excluding hydrogens is 282 g/mol. The van der Waals surface area contributed by atoms with Crippen molar-refractivity contribution in [3.05, 3.63) is 18.2 Å². The van der Waals surface area contributed by atoms with Crippen LogP contribution < -0.4 is 0 Å². The third kappa shape index (κ3) is 4.08. The van der Waals surface area contributed by atoms with Gasteiger partial charge in [-0.2, -0.15) is 0 Å². The summed E-state index contributed by atoms with van der Waals surface area (Å²) in [6.07, 6.45) is 9.12. The summed E-state index contributed by atoms with van der Waals surface area (Å²) >= 11 is 0. The number of nitrogens with zero attached hydrogens (tertiary/aromatic N) is 2. The molecule has 2 saturated heterocycles. The fourth-order valence-electron chi connectivity index (χ4n) is 3.21. The van der Waals surface area contributed by atoms with Crippen LogP contribution in [-0.4, -0.2) is 59.8 Å². The van der Waals surface area contributed by atoms with E-state index < -0.39 is 0 Å². The van der Waals surface area contributed by atoms with Crippen molar-refractivity contribution in [2.24, 2.45) is 0 Å². The van der Waals surface area contributed by atoms with Crippen molar-refractivity contribution < 1.29 is 14.3 Å². The van der Waals surface area contributed by atoms with Crippen LogP contribution in [0, 0.1) is 0 Å². The molecule has 2 aliphatic heterocycles. The second-order valence-electron chi connectivity index (χ2n) is 6.13. The molecule has 22 heavy (non-hydrogen) atoms. The molecule has 0 bridgehead atoms. The van der Waals surface area contributed by atoms with Gasteiger partial charge in [-0.3, -0.25) is 4.79 Å². The normalized spacial score (nSPS) is 23.6. The lowest BCUT2D eigenvalue weighted by molar-refractivity contribution is -0.139. The first-order valence-electron chi connectivity index (χ1n) is 8.29. The van der Waals surface area contributed by atoms with E-state index in [2.05, 4.69) is 9.97 Å². The molecule has 0 spiro atoms. The minimum Gasteiger partial charge on any atom is -0.376 e. The molecule has 6 nitrogen and oxygen atoms in total. The molecule has 1 amide bonds. The van der Waals surface area contributed by atoms with Crippen molar-refractivity contribution >= 4 is 5.91 Å². The maximum absolute atomic E-state index is 12.2. The summed E-state index contributed by atoms with van der Waals surface area (Å²) in [7, 11) is 0. The average Bonchev–Trinajstić information content (AvgIpc) is 3.10. The SMILES string of the molecule is O=C(COC[C@@H]1CCCCO1)N1CCC(c2ncc[nH]2)CC1. The first-order chi connectivity index (χ1) is 10.8. The van der Waals surface area contributed by atoms with E-state index in [-0.39, 0.29) is 18.6 Å². The lowest BCUT2D eigenvalue weighted by Crippen LogP contribution is -2.40. The van der Waals surface area contributed by atoms with Crippen LogP contribution in [0.2, 0.25) is 0 Å². The molecule has 2 aliphatic rings. The van der Waals surface area contributed by atoms with Crippen molar-refractivity contribution in [2.45, 2.75) is 44.1 Å². The molecule has 1 aromatic rings. The van der Waals surface area contributed by atoms with Gasteiger partial charge in [0.2, 0.25) is 5.91 Å². The predicted octanol–water partition coefficient (Wildman–Crippen LogP) is 1.70. The molecule has 0 saturated carbocycles. The van der Waals surface area contributed by atoms with Crippen molar-refractivity contribution in [3.63, 3.8) is 0 Å². The molecule has 1 N–H and O–H groups in total. The van der Waals surface area contributed by atoms with Crippen molar-refractivity contribution in [1.29, 1.82) is 0 Å². The van der Waals surface area contributed by atoms with Gasteiger partial charge in [-0.05, 0) is 32.1 Å². The zero-order valence-corrected chi connectivity index (χ0v) is 13.0. The Balaban J connectivity index is 1.35. The van der Waals surface area contributed by atoms with E-state index in [0.717, 1.165) is 51.2 Å². The van der Waals surface area contributed by atoms with E-state index in [0.29, 0.717) is 12.5 Å². The van der Waals surface area contributed by atoms with Crippen molar-refractivity contribution in [1.82, 2.24) is 14.9 Å². The maximum Gasteiger partial charge on any atom is 0.248 e. The van der Waals surface area contributed by atoms with Gasteiger partial charge in [-0.1, -0.05) is 0 Å². The topological polar surface area (TPSA) is 67.5 Å². The number of rotatable bonds is 5. The quantitative estimate of drug-likeness (QED) is 0.899. The Labute approximate surface area is 131 Å². The molecule has 0 aromatic carbocycles. The van der Waals surface area contributed by atoms with Crippen LogP contribution in [0.1, 0.15) is 43.8 Å². The summed E-state index contributed by atoms with van der Waals surface area (Å²) in [5, 5.41) is 0. The first kappa shape index (κ1) is 15.5. The van der Waals surface area contributed by atoms with Crippen LogP contribution in [-0.2, 0) is 14.3 Å². The Hall–Kier alpha value is -1.40. The highest BCUT2D eigenvalue weighted by atomic mass is 16.5. The summed E-state index contributed by atoms with van der Waals surface area (Å²) in [4.78, 5) is 21.6. The lowest BCUT2D eigenvalue weighted by Gasteiger charge is -2.31. The summed E-state index contributed by atoms with van der Waals surface area (Å²) in [5.41, 5.74) is 0. The number of likely N-dealkylation sites (tertiary alicyclic amines) is 1. The molecule has 0 unspecified atom stereocenters. The van der Waals surface area contributed by atoms with Gasteiger partial charge in [0.25, 0.3) is 0 Å². The Kier molecular flexibility index (Phi) is 5.45. The molecule has 3 heterocycles. The number of hydrogen-bond donors (Lipinski definition) is 1. The number of hydrogen-bond acceptors (Lipinski definition) is 4. The third-order valence-electron chi connectivity index (χ3n) is 4.56. The number of piperidine rings is 1. The average molecular weight is 307 g/mol. The summed E-state index contributed by atoms with van der Waals surface area (Å²) in [6, 6.07) is 0. The smallest absolute Gasteiger partial charge is 0.248 e. The van der Waals surface area contributed by atoms with Gasteiger partial charge in [0.05, 0.1) is 12.7 Å². The monoisotopic (exact) mass is 307 g/mol. The molecule has 3 rings (SSSR count). The molecule has 6 heteroatoms. The van der Waals surface area contributed by atoms with E-state index in [9.17, 15) is 4.79 Å². The van der Waals surface area contributed by atoms with Gasteiger partial charge in [0.15, 0.2) is 0 Å². The van der Waals surface area contributed by atoms with Crippen molar-refractivity contribution in [3.8, 4) is 0 Å². The second kappa shape index (κ2) is 7.74. The number of amides is 1. The number of carbonyl (C=O) groups excluding carboxylic acids is 1. The minimum atomic E-state index is 0.0914. The van der Waals surface area contributed by atoms with Gasteiger partial charge in [0.1, 0.15) is 12.4 Å². The van der Waals surface area contributed by atoms with Gasteiger partial charge in [-0.15, -0.1) is 0 Å². The van der Waals surface area contributed by atoms with E-state index in [4.69, 9.17) is 9.47 Å². The largest absolute Gasteiger partial charge is 0.376 e. The van der Waals surface area contributed by atoms with Crippen LogP contribution in [0.4, 0.5) is 0 Å². The second-order valence-corrected chi connectivity index (χ2v) is 6.13. The summed E-state index contributed by atoms with van der Waals surface area (Å²) < 4.78 is 11.2. The minimum absolute atomic E-state index is 0.0914. The van der Waals surface area contributed by atoms with E-state index in [1.54, 1.807) is 6.20 Å². The lowest BCUT2D eigenvalue weighted by atomic mass is 9.96. The molecule has 2 fully saturated rings. The van der Waals surface area contributed by atoms with Gasteiger partial charge in [0, 0.05) is 38.0 Å². The van der Waals surface area contributed by atoms with Crippen molar-refractivity contribution in [2.75, 3.05) is 32.9 Å². The number of aromatic amines is 1. The van der Waals surface area contributed by atoms with E-state index in [1.807, 2.05) is 11.1 Å². The highest BCUT2D eigenvalue weighted by Gasteiger charge is 2.25. The highest BCUT2D eigenvalue weighted by molar-refractivity contribution is 5.77. The van der Waals surface area contributed by atoms with E-state index >= 15 is 0 Å². The van der Waals surface area contributed by atoms with Crippen LogP contribution in [0.3, 0.4) is 0 Å². The summed E-state index contributed by atoms with van der Waals surface area (Å²) in [5.74, 6) is 1.57. The highest BCUT2D eigenvalue weighted by Crippen LogP contribution is 2.25. The van der Waals surface area contributed by atoms with Gasteiger partial charge >= 0.3 is 0 Å². The van der Waals surface area contributed by atoms with Crippen LogP contribution in [0.15, 0.2) is 12.4 Å². The van der Waals surface area contributed by atoms with Crippen LogP contribution in [0.5, 0.6) is 0 Å². The maximum atomic E-state index is 12.2. The molecule has 122 valence electrons. The number of imidazole rings is 1. The standard InChI is InChI=1S/C16H25N3O3/c20-15(12-21-11-14-3-1-2-10-22-14)19-8-4-13(5-9-19)16-17-6-7-18-16/h6-7,13-14H,1-5,8-12H2,(H,17,18)/t14-/m0/s1. The first-order valence-corrected chi connectivity index (χ1v) is 8.29. The number of nitrogens with one attached hydrogen (secondary N) is 1. The predicted molar refractivity (Wildman–Crippen MR) is 81.6 cm³/mol. The fraction of sp³-hybridized carbons (Fsp3) is 0.750. The molecule has 0 radical (unpaired) electrons. The molecule has 1 aromatic heterocycles. The molecule has 1 atom stereocenters. The van der Waals surface area contributed by atoms with E-state index in [1.165, 1.54) is 6.42 Å². The summed E-state index contributed by atoms with van der Waals surface area (Å²) in [6.45, 7) is 3.10. The Morgan fingerprint density at radius 1 is 1.36 bits per heavy atom. The van der Waals surface area contributed by atoms with Crippen LogP contribution >= 0.6 is 0 Å². The van der Waals surface area contributed by atoms with Gasteiger partial charge < -0.3 is 19.4 Å². The van der Waals surface area contributed by atoms with Crippen LogP contribution in [0.25, 0.3) is 0 Å². The number of carbonyl (C=O) groups is 1. The number of aromatic nitrogens is 2. The zero-order chi connectivity index (χ0) is 15.2. The Morgan fingerprint density at radius 2 is 2.23 bits per heavy atom. The Bertz CT molecular complexity index is 449. The third-order valence-corrected chi connectivity index (χ3v) is 4.56. The Morgan fingerprint density at radius 3 is 2.91 bits per heavy atom. The number of ether oxygens (including phenoxy) is 2. The fourth-order valence-corrected chi connectivity index (χ4v) is 3.21. The van der Waals surface area contributed by atoms with Gasteiger partial charge in [-0.25, -0.2) is 4.98 Å².